The van der Waals surface area contributed by atoms with Crippen molar-refractivity contribution in [3.8, 4) is 5.69 Å². The van der Waals surface area contributed by atoms with Crippen molar-refractivity contribution in [3.63, 3.8) is 0 Å². The summed E-state index contributed by atoms with van der Waals surface area (Å²) in [7, 11) is 1.47. The third-order valence-corrected chi connectivity index (χ3v) is 4.67. The number of H-pyrrole nitrogens is 1. The first-order valence-electron chi connectivity index (χ1n) is 9.40. The number of benzene rings is 1. The van der Waals surface area contributed by atoms with Crippen LogP contribution in [0.25, 0.3) is 5.69 Å². The normalized spacial score (nSPS) is 10.8. The van der Waals surface area contributed by atoms with Gasteiger partial charge in [-0.3, -0.25) is 19.1 Å². The van der Waals surface area contributed by atoms with Crippen LogP contribution in [0.3, 0.4) is 0 Å². The predicted molar refractivity (Wildman–Crippen MR) is 111 cm³/mol. The fourth-order valence-electron chi connectivity index (χ4n) is 3.03. The zero-order valence-electron chi connectivity index (χ0n) is 16.5. The van der Waals surface area contributed by atoms with Crippen LogP contribution in [0, 0.1) is 0 Å². The summed E-state index contributed by atoms with van der Waals surface area (Å²) in [4.78, 5) is 40.6. The summed E-state index contributed by atoms with van der Waals surface area (Å²) in [6, 6.07) is 9.53. The number of carbonyl (C=O) groups excluding carboxylic acids is 1. The number of nitrogens with zero attached hydrogens (tertiary/aromatic N) is 4. The van der Waals surface area contributed by atoms with Crippen LogP contribution >= 0.6 is 0 Å². The lowest BCUT2D eigenvalue weighted by Gasteiger charge is -2.20. The number of hydrogen-bond donors (Lipinski definition) is 2. The maximum absolute atomic E-state index is 12.8. The Morgan fingerprint density at radius 1 is 1.24 bits per heavy atom. The van der Waals surface area contributed by atoms with Crippen LogP contribution in [0.15, 0.2) is 52.3 Å². The van der Waals surface area contributed by atoms with Crippen LogP contribution < -0.4 is 21.9 Å². The number of anilines is 2. The molecule has 3 rings (SSSR count). The number of likely N-dealkylation sites (N-methyl/N-ethyl adjacent to an activating group) is 1. The smallest absolute Gasteiger partial charge is 0.330 e. The molecule has 0 aliphatic rings. The fraction of sp³-hybridized carbons (Fsp3) is 0.300. The van der Waals surface area contributed by atoms with Crippen molar-refractivity contribution in [2.24, 2.45) is 0 Å². The van der Waals surface area contributed by atoms with Gasteiger partial charge in [0, 0.05) is 19.8 Å². The highest BCUT2D eigenvalue weighted by molar-refractivity contribution is 5.96. The molecule has 0 atom stereocenters. The van der Waals surface area contributed by atoms with E-state index in [1.165, 1.54) is 16.5 Å². The molecule has 0 bridgehead atoms. The minimum absolute atomic E-state index is 0.0111. The second-order valence-corrected chi connectivity index (χ2v) is 6.76. The van der Waals surface area contributed by atoms with E-state index >= 15 is 0 Å². The molecule has 2 heterocycles. The first-order chi connectivity index (χ1) is 13.9. The van der Waals surface area contributed by atoms with Gasteiger partial charge in [0.05, 0.1) is 18.3 Å². The molecule has 0 saturated heterocycles. The summed E-state index contributed by atoms with van der Waals surface area (Å²) in [5.74, 6) is -0.349. The Kier molecular flexibility index (Phi) is 5.96. The third kappa shape index (κ3) is 4.29. The van der Waals surface area contributed by atoms with Crippen LogP contribution in [0.4, 0.5) is 11.5 Å². The van der Waals surface area contributed by atoms with Gasteiger partial charge in [0.2, 0.25) is 5.91 Å². The summed E-state index contributed by atoms with van der Waals surface area (Å²) >= 11 is 0. The lowest BCUT2D eigenvalue weighted by molar-refractivity contribution is -0.117. The quantitative estimate of drug-likeness (QED) is 0.624. The van der Waals surface area contributed by atoms with Crippen molar-refractivity contribution in [1.82, 2.24) is 19.3 Å². The molecule has 0 spiro atoms. The van der Waals surface area contributed by atoms with E-state index in [2.05, 4.69) is 10.1 Å². The van der Waals surface area contributed by atoms with E-state index in [1.807, 2.05) is 37.3 Å². The first-order valence-corrected chi connectivity index (χ1v) is 9.40. The van der Waals surface area contributed by atoms with Crippen LogP contribution in [0.2, 0.25) is 0 Å². The van der Waals surface area contributed by atoms with Gasteiger partial charge in [-0.15, -0.1) is 0 Å². The standard InChI is InChI=1S/C20H24N6O3/c1-3-4-10-25-18(21)17(19(28)23-20(25)29)24(2)16(27)11-14-12-22-26(13-14)15-8-6-5-7-9-15/h5-9,12-13H,3-4,10-11,21H2,1-2H3,(H,23,28,29). The minimum atomic E-state index is -0.684. The molecular formula is C20H24N6O3. The molecule has 29 heavy (non-hydrogen) atoms. The first kappa shape index (κ1) is 20.1. The number of nitrogen functional groups attached to an aromatic ring is 1. The molecule has 0 unspecified atom stereocenters. The molecule has 2 aromatic heterocycles. The molecule has 1 amide bonds. The van der Waals surface area contributed by atoms with Crippen molar-refractivity contribution in [2.45, 2.75) is 32.7 Å². The summed E-state index contributed by atoms with van der Waals surface area (Å²) in [6.07, 6.45) is 4.99. The Morgan fingerprint density at radius 3 is 2.66 bits per heavy atom. The summed E-state index contributed by atoms with van der Waals surface area (Å²) in [5.41, 5.74) is 6.36. The van der Waals surface area contributed by atoms with Crippen molar-refractivity contribution in [3.05, 3.63) is 69.1 Å². The molecule has 0 saturated carbocycles. The molecule has 0 fully saturated rings. The van der Waals surface area contributed by atoms with Gasteiger partial charge in [-0.05, 0) is 24.1 Å². The van der Waals surface area contributed by atoms with Crippen LogP contribution in [-0.4, -0.2) is 32.3 Å². The van der Waals surface area contributed by atoms with Gasteiger partial charge in [-0.1, -0.05) is 31.5 Å². The van der Waals surface area contributed by atoms with Gasteiger partial charge in [-0.25, -0.2) is 9.48 Å². The number of unbranched alkanes of at least 4 members (excludes halogenated alkanes) is 1. The fourth-order valence-corrected chi connectivity index (χ4v) is 3.03. The van der Waals surface area contributed by atoms with E-state index in [1.54, 1.807) is 17.1 Å². The summed E-state index contributed by atoms with van der Waals surface area (Å²) in [5, 5.41) is 4.27. The van der Waals surface area contributed by atoms with Crippen LogP contribution in [-0.2, 0) is 17.8 Å². The molecule has 9 nitrogen and oxygen atoms in total. The molecule has 3 aromatic rings. The highest BCUT2D eigenvalue weighted by Crippen LogP contribution is 2.17. The SMILES string of the molecule is CCCCn1c(N)c(N(C)C(=O)Cc2cnn(-c3ccccc3)c2)c(=O)[nH]c1=O. The lowest BCUT2D eigenvalue weighted by atomic mass is 10.2. The number of amides is 1. The van der Waals surface area contributed by atoms with Gasteiger partial charge in [0.25, 0.3) is 5.56 Å². The highest BCUT2D eigenvalue weighted by atomic mass is 16.2. The van der Waals surface area contributed by atoms with Gasteiger partial charge in [0.15, 0.2) is 5.69 Å². The molecule has 152 valence electrons. The van der Waals surface area contributed by atoms with Crippen molar-refractivity contribution < 1.29 is 4.79 Å². The van der Waals surface area contributed by atoms with Crippen LogP contribution in [0.1, 0.15) is 25.3 Å². The lowest BCUT2D eigenvalue weighted by Crippen LogP contribution is -2.39. The van der Waals surface area contributed by atoms with Gasteiger partial charge in [0.1, 0.15) is 5.82 Å². The Morgan fingerprint density at radius 2 is 1.97 bits per heavy atom. The van der Waals surface area contributed by atoms with Crippen molar-refractivity contribution in [2.75, 3.05) is 17.7 Å². The molecule has 1 aromatic carbocycles. The van der Waals surface area contributed by atoms with E-state index in [9.17, 15) is 14.4 Å². The second-order valence-electron chi connectivity index (χ2n) is 6.76. The maximum atomic E-state index is 12.8. The van der Waals surface area contributed by atoms with Crippen LogP contribution in [0.5, 0.6) is 0 Å². The summed E-state index contributed by atoms with van der Waals surface area (Å²) in [6.45, 7) is 2.36. The van der Waals surface area contributed by atoms with E-state index in [-0.39, 0.29) is 23.8 Å². The topological polar surface area (TPSA) is 119 Å². The number of nitrogens with two attached hydrogens (primary N) is 1. The van der Waals surface area contributed by atoms with E-state index in [0.717, 1.165) is 18.5 Å². The number of hydrogen-bond acceptors (Lipinski definition) is 5. The molecule has 0 aliphatic heterocycles. The Labute approximate surface area is 167 Å². The van der Waals surface area contributed by atoms with Crippen molar-refractivity contribution >= 4 is 17.4 Å². The Hall–Kier alpha value is -3.62. The average molecular weight is 396 g/mol. The number of nitrogens with one attached hydrogen (secondary N) is 1. The van der Waals surface area contributed by atoms with Crippen molar-refractivity contribution in [1.29, 1.82) is 0 Å². The molecule has 9 heteroatoms. The van der Waals surface area contributed by atoms with E-state index in [4.69, 9.17) is 5.73 Å². The van der Waals surface area contributed by atoms with Gasteiger partial charge < -0.3 is 10.6 Å². The third-order valence-electron chi connectivity index (χ3n) is 4.67. The zero-order chi connectivity index (χ0) is 21.0. The van der Waals surface area contributed by atoms with E-state index < -0.39 is 11.2 Å². The number of aromatic nitrogens is 4. The Bertz CT molecular complexity index is 1110. The maximum Gasteiger partial charge on any atom is 0.330 e. The predicted octanol–water partition coefficient (Wildman–Crippen LogP) is 1.31. The van der Waals surface area contributed by atoms with Gasteiger partial charge >= 0.3 is 5.69 Å². The zero-order valence-corrected chi connectivity index (χ0v) is 16.5. The summed E-state index contributed by atoms with van der Waals surface area (Å²) < 4.78 is 2.96. The second kappa shape index (κ2) is 8.59. The van der Waals surface area contributed by atoms with E-state index in [0.29, 0.717) is 12.1 Å². The number of aromatic amines is 1. The highest BCUT2D eigenvalue weighted by Gasteiger charge is 2.21. The number of para-hydroxylation sites is 1. The monoisotopic (exact) mass is 396 g/mol. The molecule has 3 N–H and O–H groups in total. The molecule has 0 aliphatic carbocycles. The average Bonchev–Trinajstić information content (AvgIpc) is 3.16. The largest absolute Gasteiger partial charge is 0.383 e. The molecular weight excluding hydrogens is 372 g/mol. The Balaban J connectivity index is 1.83. The van der Waals surface area contributed by atoms with Gasteiger partial charge in [-0.2, -0.15) is 5.10 Å². The molecule has 0 radical (unpaired) electrons. The minimum Gasteiger partial charge on any atom is -0.383 e. The number of rotatable bonds is 7. The number of carbonyl (C=O) groups is 1.